The summed E-state index contributed by atoms with van der Waals surface area (Å²) in [4.78, 5) is 4.89. The fourth-order valence-electron chi connectivity index (χ4n) is 2.61. The molecule has 16 heavy (non-hydrogen) atoms. The van der Waals surface area contributed by atoms with Crippen molar-refractivity contribution < 1.29 is 0 Å². The predicted octanol–water partition coefficient (Wildman–Crippen LogP) is 2.32. The van der Waals surface area contributed by atoms with Gasteiger partial charge in [-0.3, -0.25) is 9.80 Å². The molecule has 1 aliphatic heterocycles. The molecule has 2 heteroatoms. The van der Waals surface area contributed by atoms with Gasteiger partial charge in [0.05, 0.1) is 6.67 Å². The molecule has 0 atom stereocenters. The van der Waals surface area contributed by atoms with E-state index in [4.69, 9.17) is 0 Å². The fourth-order valence-corrected chi connectivity index (χ4v) is 2.61. The van der Waals surface area contributed by atoms with Gasteiger partial charge in [-0.05, 0) is 44.5 Å². The number of aryl methyl sites for hydroxylation is 3. The number of hydrogen-bond donors (Lipinski definition) is 0. The van der Waals surface area contributed by atoms with E-state index in [0.717, 1.165) is 13.2 Å². The van der Waals surface area contributed by atoms with Gasteiger partial charge in [-0.1, -0.05) is 17.7 Å². The first kappa shape index (κ1) is 11.6. The van der Waals surface area contributed by atoms with Crippen molar-refractivity contribution in [2.75, 3.05) is 26.8 Å². The second kappa shape index (κ2) is 4.56. The van der Waals surface area contributed by atoms with Gasteiger partial charge in [-0.15, -0.1) is 0 Å². The lowest BCUT2D eigenvalue weighted by molar-refractivity contribution is 0.267. The Morgan fingerprint density at radius 2 is 1.69 bits per heavy atom. The van der Waals surface area contributed by atoms with E-state index < -0.39 is 0 Å². The van der Waals surface area contributed by atoms with E-state index in [0.29, 0.717) is 0 Å². The van der Waals surface area contributed by atoms with Crippen LogP contribution in [0.5, 0.6) is 0 Å². The normalized spacial score (nSPS) is 18.2. The molecule has 0 bridgehead atoms. The number of hydrogen-bond acceptors (Lipinski definition) is 2. The lowest BCUT2D eigenvalue weighted by atomic mass is 9.99. The zero-order valence-electron chi connectivity index (χ0n) is 10.9. The van der Waals surface area contributed by atoms with Gasteiger partial charge in [0.15, 0.2) is 0 Å². The van der Waals surface area contributed by atoms with Gasteiger partial charge >= 0.3 is 0 Å². The molecule has 0 aromatic heterocycles. The van der Waals surface area contributed by atoms with Crippen molar-refractivity contribution in [1.29, 1.82) is 0 Å². The Morgan fingerprint density at radius 3 is 2.19 bits per heavy atom. The minimum absolute atomic E-state index is 1.10. The van der Waals surface area contributed by atoms with Gasteiger partial charge in [0, 0.05) is 19.6 Å². The second-order valence-corrected chi connectivity index (χ2v) is 5.15. The molecule has 1 saturated heterocycles. The van der Waals surface area contributed by atoms with Crippen LogP contribution in [0.3, 0.4) is 0 Å². The van der Waals surface area contributed by atoms with Crippen molar-refractivity contribution in [3.05, 3.63) is 34.4 Å². The first-order valence-electron chi connectivity index (χ1n) is 6.04. The lowest BCUT2D eigenvalue weighted by Crippen LogP contribution is -2.23. The third-order valence-electron chi connectivity index (χ3n) is 3.46. The van der Waals surface area contributed by atoms with Crippen molar-refractivity contribution in [3.63, 3.8) is 0 Å². The average molecular weight is 218 g/mol. The fraction of sp³-hybridized carbons (Fsp3) is 0.571. The van der Waals surface area contributed by atoms with Crippen LogP contribution in [0.1, 0.15) is 22.3 Å². The summed E-state index contributed by atoms with van der Waals surface area (Å²) in [6.45, 7) is 11.2. The Balaban J connectivity index is 2.15. The van der Waals surface area contributed by atoms with Crippen LogP contribution in [-0.2, 0) is 6.54 Å². The molecule has 2 nitrogen and oxygen atoms in total. The van der Waals surface area contributed by atoms with E-state index in [1.807, 2.05) is 0 Å². The Kier molecular flexibility index (Phi) is 3.31. The van der Waals surface area contributed by atoms with E-state index >= 15 is 0 Å². The van der Waals surface area contributed by atoms with Crippen molar-refractivity contribution in [2.24, 2.45) is 0 Å². The summed E-state index contributed by atoms with van der Waals surface area (Å²) in [5.74, 6) is 0. The molecule has 1 heterocycles. The Labute approximate surface area is 98.9 Å². The largest absolute Gasteiger partial charge is 0.292 e. The number of rotatable bonds is 2. The van der Waals surface area contributed by atoms with Gasteiger partial charge in [0.2, 0.25) is 0 Å². The van der Waals surface area contributed by atoms with Gasteiger partial charge in [-0.2, -0.15) is 0 Å². The predicted molar refractivity (Wildman–Crippen MR) is 68.6 cm³/mol. The maximum absolute atomic E-state index is 2.52. The van der Waals surface area contributed by atoms with Crippen molar-refractivity contribution in [1.82, 2.24) is 9.80 Å². The Morgan fingerprint density at radius 1 is 1.06 bits per heavy atom. The summed E-state index contributed by atoms with van der Waals surface area (Å²) in [7, 11) is 2.19. The van der Waals surface area contributed by atoms with Gasteiger partial charge in [0.1, 0.15) is 0 Å². The number of benzene rings is 1. The highest BCUT2D eigenvalue weighted by atomic mass is 15.4. The number of likely N-dealkylation sites (N-methyl/N-ethyl adjacent to an activating group) is 1. The first-order valence-corrected chi connectivity index (χ1v) is 6.04. The molecule has 0 aliphatic carbocycles. The maximum atomic E-state index is 2.52. The molecule has 0 radical (unpaired) electrons. The molecule has 88 valence electrons. The number of nitrogens with zero attached hydrogens (tertiary/aromatic N) is 2. The van der Waals surface area contributed by atoms with Gasteiger partial charge in [0.25, 0.3) is 0 Å². The Bertz CT molecular complexity index is 361. The van der Waals surface area contributed by atoms with Crippen LogP contribution in [0.15, 0.2) is 12.1 Å². The molecule has 1 aliphatic rings. The minimum Gasteiger partial charge on any atom is -0.292 e. The summed E-state index contributed by atoms with van der Waals surface area (Å²) in [6.07, 6.45) is 0. The summed E-state index contributed by atoms with van der Waals surface area (Å²) in [5.41, 5.74) is 5.76. The molecule has 0 saturated carbocycles. The first-order chi connectivity index (χ1) is 7.56. The summed E-state index contributed by atoms with van der Waals surface area (Å²) in [5, 5.41) is 0. The summed E-state index contributed by atoms with van der Waals surface area (Å²) < 4.78 is 0. The van der Waals surface area contributed by atoms with E-state index in [2.05, 4.69) is 49.8 Å². The Hall–Kier alpha value is -0.860. The molecule has 2 rings (SSSR count). The van der Waals surface area contributed by atoms with E-state index in [-0.39, 0.29) is 0 Å². The van der Waals surface area contributed by atoms with Crippen LogP contribution in [0.4, 0.5) is 0 Å². The second-order valence-electron chi connectivity index (χ2n) is 5.15. The molecule has 0 spiro atoms. The van der Waals surface area contributed by atoms with Crippen molar-refractivity contribution >= 4 is 0 Å². The van der Waals surface area contributed by atoms with Crippen molar-refractivity contribution in [3.8, 4) is 0 Å². The standard InChI is InChI=1S/C14H22N2/c1-11-7-12(2)14(13(3)8-11)9-16-6-5-15(4)10-16/h7-8H,5-6,9-10H2,1-4H3. The third-order valence-corrected chi connectivity index (χ3v) is 3.46. The van der Waals surface area contributed by atoms with Gasteiger partial charge < -0.3 is 0 Å². The third kappa shape index (κ3) is 2.45. The molecule has 1 aromatic carbocycles. The quantitative estimate of drug-likeness (QED) is 0.751. The van der Waals surface area contributed by atoms with Gasteiger partial charge in [-0.25, -0.2) is 0 Å². The van der Waals surface area contributed by atoms with Crippen LogP contribution in [0.25, 0.3) is 0 Å². The topological polar surface area (TPSA) is 6.48 Å². The van der Waals surface area contributed by atoms with Crippen LogP contribution in [0.2, 0.25) is 0 Å². The highest BCUT2D eigenvalue weighted by Gasteiger charge is 2.17. The molecule has 1 fully saturated rings. The highest BCUT2D eigenvalue weighted by molar-refractivity contribution is 5.37. The van der Waals surface area contributed by atoms with Crippen LogP contribution in [-0.4, -0.2) is 36.6 Å². The monoisotopic (exact) mass is 218 g/mol. The van der Waals surface area contributed by atoms with Crippen LogP contribution >= 0.6 is 0 Å². The molecule has 1 aromatic rings. The molecular formula is C14H22N2. The van der Waals surface area contributed by atoms with E-state index in [1.165, 1.54) is 35.3 Å². The molecule has 0 unspecified atom stereocenters. The highest BCUT2D eigenvalue weighted by Crippen LogP contribution is 2.19. The molecule has 0 amide bonds. The van der Waals surface area contributed by atoms with Crippen molar-refractivity contribution in [2.45, 2.75) is 27.3 Å². The maximum Gasteiger partial charge on any atom is 0.0507 e. The zero-order valence-corrected chi connectivity index (χ0v) is 10.9. The van der Waals surface area contributed by atoms with Crippen LogP contribution in [0, 0.1) is 20.8 Å². The molecular weight excluding hydrogens is 196 g/mol. The SMILES string of the molecule is Cc1cc(C)c(CN2CCN(C)C2)c(C)c1. The zero-order chi connectivity index (χ0) is 11.7. The average Bonchev–Trinajstić information content (AvgIpc) is 2.58. The summed E-state index contributed by atoms with van der Waals surface area (Å²) in [6, 6.07) is 4.59. The lowest BCUT2D eigenvalue weighted by Gasteiger charge is -2.19. The van der Waals surface area contributed by atoms with E-state index in [9.17, 15) is 0 Å². The smallest absolute Gasteiger partial charge is 0.0507 e. The minimum atomic E-state index is 1.10. The van der Waals surface area contributed by atoms with Crippen LogP contribution < -0.4 is 0 Å². The summed E-state index contributed by atoms with van der Waals surface area (Å²) >= 11 is 0. The molecule has 0 N–H and O–H groups in total. The van der Waals surface area contributed by atoms with E-state index in [1.54, 1.807) is 0 Å².